The number of carbonyl (C=O) groups excluding carboxylic acids is 1. The molecule has 0 amide bonds. The van der Waals surface area contributed by atoms with Crippen LogP contribution in [0.15, 0.2) is 59.5 Å². The number of rotatable bonds is 8. The second kappa shape index (κ2) is 10.4. The molecule has 1 spiro atoms. The van der Waals surface area contributed by atoms with Crippen molar-refractivity contribution in [2.75, 3.05) is 12.4 Å². The van der Waals surface area contributed by atoms with Crippen LogP contribution in [0.1, 0.15) is 53.9 Å². The summed E-state index contributed by atoms with van der Waals surface area (Å²) in [5, 5.41) is 0. The normalized spacial score (nSPS) is 29.6. The maximum Gasteiger partial charge on any atom is 0.181 e. The number of benzene rings is 1. The first kappa shape index (κ1) is 26.8. The smallest absolute Gasteiger partial charge is 0.181 e. The van der Waals surface area contributed by atoms with Crippen LogP contribution < -0.4 is 0 Å². The summed E-state index contributed by atoms with van der Waals surface area (Å²) in [6.45, 7) is 13.6. The Kier molecular flexibility index (Phi) is 8.23. The van der Waals surface area contributed by atoms with Gasteiger partial charge in [-0.2, -0.15) is 0 Å². The lowest BCUT2D eigenvalue weighted by atomic mass is 9.81. The molecule has 6 nitrogen and oxygen atoms in total. The van der Waals surface area contributed by atoms with Crippen molar-refractivity contribution in [3.8, 4) is 0 Å². The molecule has 3 rings (SSSR count). The maximum absolute atomic E-state index is 12.8. The van der Waals surface area contributed by atoms with Gasteiger partial charge in [0.2, 0.25) is 0 Å². The number of hydrogen-bond acceptors (Lipinski definition) is 6. The van der Waals surface area contributed by atoms with Crippen molar-refractivity contribution in [3.05, 3.63) is 54.6 Å². The summed E-state index contributed by atoms with van der Waals surface area (Å²) in [5.41, 5.74) is 1.01. The zero-order chi connectivity index (χ0) is 25.1. The Hall–Kier alpha value is -1.80. The van der Waals surface area contributed by atoms with Crippen molar-refractivity contribution in [2.45, 2.75) is 76.5 Å². The number of ether oxygens (including phenoxy) is 3. The minimum absolute atomic E-state index is 0.0143. The Morgan fingerprint density at radius 3 is 2.56 bits per heavy atom. The predicted octanol–water partition coefficient (Wildman–Crippen LogP) is 5.10. The fourth-order valence-corrected chi connectivity index (χ4v) is 6.63. The summed E-state index contributed by atoms with van der Waals surface area (Å²) in [5.74, 6) is -2.04. The Balaban J connectivity index is 1.79. The van der Waals surface area contributed by atoms with E-state index in [1.54, 1.807) is 30.3 Å². The molecule has 1 aromatic carbocycles. The molecule has 5 atom stereocenters. The van der Waals surface area contributed by atoms with Gasteiger partial charge >= 0.3 is 0 Å². The number of allylic oxidation sites excluding steroid dienone is 1. The van der Waals surface area contributed by atoms with Crippen LogP contribution in [0.3, 0.4) is 0 Å². The van der Waals surface area contributed by atoms with E-state index in [-0.39, 0.29) is 42.0 Å². The first-order valence-corrected chi connectivity index (χ1v) is 13.6. The van der Waals surface area contributed by atoms with E-state index in [0.29, 0.717) is 24.2 Å². The molecule has 2 heterocycles. The van der Waals surface area contributed by atoms with Gasteiger partial charge < -0.3 is 14.2 Å². The summed E-state index contributed by atoms with van der Waals surface area (Å²) in [6.07, 6.45) is 5.15. The zero-order valence-electron chi connectivity index (χ0n) is 21.0. The highest BCUT2D eigenvalue weighted by Gasteiger charge is 2.54. The molecule has 2 aliphatic heterocycles. The van der Waals surface area contributed by atoms with Gasteiger partial charge in [-0.1, -0.05) is 49.8 Å². The minimum Gasteiger partial charge on any atom is -0.346 e. The lowest BCUT2D eigenvalue weighted by molar-refractivity contribution is -0.416. The lowest BCUT2D eigenvalue weighted by Gasteiger charge is -2.53. The maximum atomic E-state index is 12.8. The number of ketones is 1. The van der Waals surface area contributed by atoms with E-state index in [1.165, 1.54) is 0 Å². The van der Waals surface area contributed by atoms with Crippen LogP contribution in [0.25, 0.3) is 0 Å². The number of hydrogen-bond donors (Lipinski definition) is 0. The monoisotopic (exact) mass is 490 g/mol. The molecular formula is C27H38O6S. The zero-order valence-corrected chi connectivity index (χ0v) is 21.8. The molecule has 0 bridgehead atoms. The average molecular weight is 491 g/mol. The average Bonchev–Trinajstić information content (AvgIpc) is 2.75. The van der Waals surface area contributed by atoms with Crippen molar-refractivity contribution in [3.63, 3.8) is 0 Å². The molecule has 7 heteroatoms. The fraction of sp³-hybridized carbons (Fsp3) is 0.593. The molecular weight excluding hydrogens is 452 g/mol. The molecule has 34 heavy (non-hydrogen) atoms. The van der Waals surface area contributed by atoms with Crippen LogP contribution >= 0.6 is 0 Å². The largest absolute Gasteiger partial charge is 0.346 e. The molecule has 0 aliphatic carbocycles. The molecule has 188 valence electrons. The highest BCUT2D eigenvalue weighted by molar-refractivity contribution is 7.91. The van der Waals surface area contributed by atoms with Crippen LogP contribution in [-0.4, -0.2) is 44.2 Å². The van der Waals surface area contributed by atoms with Gasteiger partial charge in [0.25, 0.3) is 0 Å². The van der Waals surface area contributed by atoms with Gasteiger partial charge in [-0.15, -0.1) is 6.58 Å². The van der Waals surface area contributed by atoms with E-state index in [9.17, 15) is 13.2 Å². The molecule has 2 fully saturated rings. The first-order chi connectivity index (χ1) is 15.9. The molecule has 1 aromatic rings. The van der Waals surface area contributed by atoms with E-state index in [2.05, 4.69) is 6.58 Å². The predicted molar refractivity (Wildman–Crippen MR) is 132 cm³/mol. The highest BCUT2D eigenvalue weighted by Crippen LogP contribution is 2.46. The Morgan fingerprint density at radius 1 is 1.24 bits per heavy atom. The summed E-state index contributed by atoms with van der Waals surface area (Å²) >= 11 is 0. The van der Waals surface area contributed by atoms with Gasteiger partial charge in [-0.25, -0.2) is 8.42 Å². The third kappa shape index (κ3) is 6.45. The van der Waals surface area contributed by atoms with Crippen molar-refractivity contribution in [1.29, 1.82) is 0 Å². The quantitative estimate of drug-likeness (QED) is 0.472. The van der Waals surface area contributed by atoms with Crippen LogP contribution in [0.5, 0.6) is 0 Å². The molecule has 0 N–H and O–H groups in total. The van der Waals surface area contributed by atoms with E-state index < -0.39 is 21.4 Å². The standard InChI is InChI=1S/C27H38O6S/c1-7-21(4)25-16-27(33-26(5,6)32-25)22(15-23(28)17-31-27)14-19(2)13-20(3)18-34(29,30)24-11-9-8-10-12-24/h7-12,14,20-22,25H,1,13,15-18H2,2-6H3/b19-14+/t20-,21-,22-,25-,27+/m0/s1. The SMILES string of the molecule is C=C[C@H](C)[C@@H]1C[C@@]2(OCC(=O)C[C@@H]2/C=C(\C)C[C@H](C)CS(=O)(=O)c2ccccc2)OC(C)(C)O1. The summed E-state index contributed by atoms with van der Waals surface area (Å²) in [7, 11) is -3.37. The molecule has 0 radical (unpaired) electrons. The first-order valence-electron chi connectivity index (χ1n) is 12.0. The van der Waals surface area contributed by atoms with Crippen molar-refractivity contribution >= 4 is 15.6 Å². The fourth-order valence-electron chi connectivity index (χ4n) is 5.00. The number of carbonyl (C=O) groups is 1. The number of sulfone groups is 1. The second-order valence-electron chi connectivity index (χ2n) is 10.3. The van der Waals surface area contributed by atoms with Crippen molar-refractivity contribution < 1.29 is 27.4 Å². The topological polar surface area (TPSA) is 78.9 Å². The van der Waals surface area contributed by atoms with E-state index in [4.69, 9.17) is 14.2 Å². The molecule has 0 aromatic heterocycles. The van der Waals surface area contributed by atoms with Crippen LogP contribution in [0.4, 0.5) is 0 Å². The Bertz CT molecular complexity index is 1010. The van der Waals surface area contributed by atoms with Crippen LogP contribution in [0, 0.1) is 17.8 Å². The van der Waals surface area contributed by atoms with Gasteiger partial charge in [-0.3, -0.25) is 4.79 Å². The van der Waals surface area contributed by atoms with Crippen LogP contribution in [0.2, 0.25) is 0 Å². The number of Topliss-reactive ketones (excluding diaryl/α,β-unsaturated/α-hetero) is 1. The molecule has 0 saturated carbocycles. The van der Waals surface area contributed by atoms with Gasteiger partial charge in [-0.05, 0) is 45.2 Å². The molecule has 2 aliphatic rings. The highest BCUT2D eigenvalue weighted by atomic mass is 32.2. The van der Waals surface area contributed by atoms with E-state index in [0.717, 1.165) is 5.57 Å². The molecule has 2 saturated heterocycles. The Labute approximate surface area is 204 Å². The van der Waals surface area contributed by atoms with Crippen LogP contribution in [-0.2, 0) is 28.8 Å². The van der Waals surface area contributed by atoms with Gasteiger partial charge in [0.15, 0.2) is 27.2 Å². The Morgan fingerprint density at radius 2 is 1.91 bits per heavy atom. The third-order valence-corrected chi connectivity index (χ3v) is 8.55. The van der Waals surface area contributed by atoms with Gasteiger partial charge in [0.1, 0.15) is 6.61 Å². The summed E-state index contributed by atoms with van der Waals surface area (Å²) in [6, 6.07) is 8.53. The lowest BCUT2D eigenvalue weighted by Crippen LogP contribution is -2.60. The third-order valence-electron chi connectivity index (χ3n) is 6.55. The van der Waals surface area contributed by atoms with E-state index in [1.807, 2.05) is 46.8 Å². The second-order valence-corrected chi connectivity index (χ2v) is 12.4. The molecule has 0 unspecified atom stereocenters. The van der Waals surface area contributed by atoms with Crippen molar-refractivity contribution in [1.82, 2.24) is 0 Å². The van der Waals surface area contributed by atoms with Crippen molar-refractivity contribution in [2.24, 2.45) is 17.8 Å². The summed E-state index contributed by atoms with van der Waals surface area (Å²) < 4.78 is 44.2. The van der Waals surface area contributed by atoms with Gasteiger partial charge in [0, 0.05) is 24.7 Å². The minimum atomic E-state index is -3.37. The van der Waals surface area contributed by atoms with Gasteiger partial charge in [0.05, 0.1) is 16.8 Å². The summed E-state index contributed by atoms with van der Waals surface area (Å²) in [4.78, 5) is 12.7. The van der Waals surface area contributed by atoms with E-state index >= 15 is 0 Å².